The van der Waals surface area contributed by atoms with Gasteiger partial charge in [-0.15, -0.1) is 0 Å². The third-order valence-electron chi connectivity index (χ3n) is 6.71. The summed E-state index contributed by atoms with van der Waals surface area (Å²) in [7, 11) is 0. The van der Waals surface area contributed by atoms with Crippen LogP contribution in [0.4, 0.5) is 26.3 Å². The Hall–Kier alpha value is -3.12. The van der Waals surface area contributed by atoms with Crippen LogP contribution in [0.15, 0.2) is 48.5 Å². The number of alkyl halides is 6. The van der Waals surface area contributed by atoms with E-state index in [1.54, 1.807) is 0 Å². The molecule has 0 bridgehead atoms. The SMILES string of the molecule is O=C(OC1CCCCO1)c1ccc(C(c2ccc(C(=O)OC3CCCCO3)cc2)(C(F)(F)F)C(F)(F)F)cc1. The van der Waals surface area contributed by atoms with Gasteiger partial charge in [0.15, 0.2) is 0 Å². The standard InChI is InChI=1S/C27H26F6O6/c28-26(29,30)25(27(31,32)33,19-11-7-17(8-12-19)23(34)38-21-5-1-3-15-36-21)20-13-9-18(10-14-20)24(35)39-22-6-2-4-16-37-22/h7-14,21-22H,1-6,15-16H2. The molecule has 2 aromatic carbocycles. The highest BCUT2D eigenvalue weighted by Crippen LogP contribution is 2.56. The van der Waals surface area contributed by atoms with Crippen LogP contribution in [0.2, 0.25) is 0 Å². The molecule has 0 aromatic heterocycles. The summed E-state index contributed by atoms with van der Waals surface area (Å²) in [5.74, 6) is -1.86. The maximum absolute atomic E-state index is 14.4. The summed E-state index contributed by atoms with van der Waals surface area (Å²) in [6.45, 7) is 0.753. The van der Waals surface area contributed by atoms with Gasteiger partial charge in [0.05, 0.1) is 24.3 Å². The van der Waals surface area contributed by atoms with Gasteiger partial charge in [-0.25, -0.2) is 9.59 Å². The largest absolute Gasteiger partial charge is 0.432 e. The second kappa shape index (κ2) is 11.5. The minimum atomic E-state index is -5.83. The minimum absolute atomic E-state index is 0.228. The zero-order valence-corrected chi connectivity index (χ0v) is 20.6. The molecule has 2 heterocycles. The Morgan fingerprint density at radius 3 is 1.26 bits per heavy atom. The molecule has 212 valence electrons. The van der Waals surface area contributed by atoms with E-state index in [2.05, 4.69) is 0 Å². The molecule has 2 unspecified atom stereocenters. The Morgan fingerprint density at radius 1 is 0.615 bits per heavy atom. The van der Waals surface area contributed by atoms with Gasteiger partial charge >= 0.3 is 24.3 Å². The third-order valence-corrected chi connectivity index (χ3v) is 6.71. The maximum Gasteiger partial charge on any atom is 0.411 e. The first kappa shape index (κ1) is 28.9. The molecule has 2 aliphatic rings. The summed E-state index contributed by atoms with van der Waals surface area (Å²) < 4.78 is 108. The number of rotatable bonds is 6. The van der Waals surface area contributed by atoms with Crippen molar-refractivity contribution in [1.29, 1.82) is 0 Å². The first-order valence-electron chi connectivity index (χ1n) is 12.4. The molecule has 0 radical (unpaired) electrons. The lowest BCUT2D eigenvalue weighted by molar-refractivity contribution is -0.288. The molecule has 12 heteroatoms. The average molecular weight is 560 g/mol. The van der Waals surface area contributed by atoms with Crippen LogP contribution in [0.5, 0.6) is 0 Å². The van der Waals surface area contributed by atoms with E-state index >= 15 is 0 Å². The summed E-state index contributed by atoms with van der Waals surface area (Å²) in [5.41, 5.74) is -7.20. The Bertz CT molecular complexity index is 1040. The van der Waals surface area contributed by atoms with Crippen LogP contribution in [-0.2, 0) is 24.4 Å². The number of ether oxygens (including phenoxy) is 4. The molecular formula is C27H26F6O6. The number of halogens is 6. The van der Waals surface area contributed by atoms with Crippen molar-refractivity contribution in [2.75, 3.05) is 13.2 Å². The lowest BCUT2D eigenvalue weighted by Gasteiger charge is -2.38. The number of carbonyl (C=O) groups excluding carboxylic acids is 2. The van der Waals surface area contributed by atoms with E-state index < -0.39 is 53.4 Å². The Balaban J connectivity index is 1.64. The number of benzene rings is 2. The van der Waals surface area contributed by atoms with Gasteiger partial charge in [-0.1, -0.05) is 24.3 Å². The van der Waals surface area contributed by atoms with Crippen LogP contribution in [0.1, 0.15) is 70.4 Å². The van der Waals surface area contributed by atoms with E-state index in [4.69, 9.17) is 18.9 Å². The lowest BCUT2D eigenvalue weighted by atomic mass is 9.72. The van der Waals surface area contributed by atoms with E-state index in [-0.39, 0.29) is 11.1 Å². The van der Waals surface area contributed by atoms with Crippen molar-refractivity contribution in [2.24, 2.45) is 0 Å². The van der Waals surface area contributed by atoms with Crippen molar-refractivity contribution in [2.45, 2.75) is 68.9 Å². The van der Waals surface area contributed by atoms with Crippen LogP contribution >= 0.6 is 0 Å². The van der Waals surface area contributed by atoms with Crippen molar-refractivity contribution in [3.63, 3.8) is 0 Å². The Morgan fingerprint density at radius 2 is 0.974 bits per heavy atom. The highest BCUT2D eigenvalue weighted by Gasteiger charge is 2.72. The molecule has 0 amide bonds. The molecule has 2 aromatic rings. The molecule has 6 nitrogen and oxygen atoms in total. The molecule has 0 spiro atoms. The average Bonchev–Trinajstić information content (AvgIpc) is 2.89. The van der Waals surface area contributed by atoms with Crippen LogP contribution in [0.25, 0.3) is 0 Å². The van der Waals surface area contributed by atoms with Crippen molar-refractivity contribution in [1.82, 2.24) is 0 Å². The van der Waals surface area contributed by atoms with Gasteiger partial charge in [-0.2, -0.15) is 26.3 Å². The van der Waals surface area contributed by atoms with E-state index in [1.165, 1.54) is 0 Å². The van der Waals surface area contributed by atoms with Crippen molar-refractivity contribution >= 4 is 11.9 Å². The molecule has 2 aliphatic heterocycles. The van der Waals surface area contributed by atoms with E-state index in [1.807, 2.05) is 0 Å². The number of hydrogen-bond donors (Lipinski definition) is 0. The molecule has 4 rings (SSSR count). The van der Waals surface area contributed by atoms with Crippen LogP contribution in [-0.4, -0.2) is 50.1 Å². The van der Waals surface area contributed by atoms with E-state index in [9.17, 15) is 35.9 Å². The zero-order chi connectivity index (χ0) is 28.3. The van der Waals surface area contributed by atoms with Crippen molar-refractivity contribution < 1.29 is 54.9 Å². The van der Waals surface area contributed by atoms with Gasteiger partial charge in [0.2, 0.25) is 18.0 Å². The van der Waals surface area contributed by atoms with Crippen LogP contribution in [0.3, 0.4) is 0 Å². The van der Waals surface area contributed by atoms with Gasteiger partial charge < -0.3 is 18.9 Å². The molecule has 0 N–H and O–H groups in total. The van der Waals surface area contributed by atoms with Gasteiger partial charge in [-0.05, 0) is 61.1 Å². The molecule has 0 aliphatic carbocycles. The predicted molar refractivity (Wildman–Crippen MR) is 124 cm³/mol. The monoisotopic (exact) mass is 560 g/mol. The topological polar surface area (TPSA) is 71.1 Å². The molecular weight excluding hydrogens is 534 g/mol. The van der Waals surface area contributed by atoms with Crippen LogP contribution in [0, 0.1) is 0 Å². The number of carbonyl (C=O) groups is 2. The summed E-state index contributed by atoms with van der Waals surface area (Å²) in [6, 6.07) is 5.80. The summed E-state index contributed by atoms with van der Waals surface area (Å²) in [5, 5.41) is 0. The molecule has 2 saturated heterocycles. The normalized spacial score (nSPS) is 20.8. The van der Waals surface area contributed by atoms with Gasteiger partial charge in [0.1, 0.15) is 0 Å². The minimum Gasteiger partial charge on any atom is -0.432 e. The first-order valence-corrected chi connectivity index (χ1v) is 12.4. The van der Waals surface area contributed by atoms with E-state index in [0.717, 1.165) is 49.9 Å². The molecule has 2 fully saturated rings. The van der Waals surface area contributed by atoms with Gasteiger partial charge in [0, 0.05) is 12.8 Å². The lowest BCUT2D eigenvalue weighted by Crippen LogP contribution is -2.54. The second-order valence-electron chi connectivity index (χ2n) is 9.30. The fourth-order valence-electron chi connectivity index (χ4n) is 4.68. The second-order valence-corrected chi connectivity index (χ2v) is 9.30. The molecule has 2 atom stereocenters. The Labute approximate surface area is 220 Å². The van der Waals surface area contributed by atoms with Crippen molar-refractivity contribution in [3.8, 4) is 0 Å². The molecule has 39 heavy (non-hydrogen) atoms. The molecule has 0 saturated carbocycles. The summed E-state index contributed by atoms with van der Waals surface area (Å²) in [4.78, 5) is 24.8. The maximum atomic E-state index is 14.4. The summed E-state index contributed by atoms with van der Waals surface area (Å²) in [6.07, 6.45) is -9.37. The van der Waals surface area contributed by atoms with Gasteiger partial charge in [0.25, 0.3) is 0 Å². The number of esters is 2. The quantitative estimate of drug-likeness (QED) is 0.298. The fourth-order valence-corrected chi connectivity index (χ4v) is 4.68. The third kappa shape index (κ3) is 6.06. The smallest absolute Gasteiger partial charge is 0.411 e. The first-order chi connectivity index (χ1) is 18.4. The van der Waals surface area contributed by atoms with Crippen molar-refractivity contribution in [3.05, 3.63) is 70.8 Å². The zero-order valence-electron chi connectivity index (χ0n) is 20.6. The van der Waals surface area contributed by atoms with E-state index in [0.29, 0.717) is 50.3 Å². The van der Waals surface area contributed by atoms with Crippen LogP contribution < -0.4 is 0 Å². The Kier molecular flexibility index (Phi) is 8.55. The van der Waals surface area contributed by atoms with Gasteiger partial charge in [-0.3, -0.25) is 0 Å². The highest BCUT2D eigenvalue weighted by molar-refractivity contribution is 5.90. The predicted octanol–water partition coefficient (Wildman–Crippen LogP) is 6.46. The number of hydrogen-bond acceptors (Lipinski definition) is 6. The summed E-state index contributed by atoms with van der Waals surface area (Å²) >= 11 is 0. The fraction of sp³-hybridized carbons (Fsp3) is 0.481. The highest BCUT2D eigenvalue weighted by atomic mass is 19.4.